The molecule has 6 N–H and O–H groups in total. The van der Waals surface area contributed by atoms with Crippen LogP contribution in [-0.4, -0.2) is 60.7 Å². The van der Waals surface area contributed by atoms with Crippen LogP contribution >= 0.6 is 0 Å². The maximum Gasteiger partial charge on any atom is 0.150 e. The summed E-state index contributed by atoms with van der Waals surface area (Å²) in [5.41, 5.74) is -3.70. The van der Waals surface area contributed by atoms with Gasteiger partial charge in [-0.1, -0.05) is 69.9 Å². The molecular formula is C21H34O6. The Morgan fingerprint density at radius 1 is 1.00 bits per heavy atom. The van der Waals surface area contributed by atoms with Crippen molar-refractivity contribution in [2.75, 3.05) is 6.61 Å². The van der Waals surface area contributed by atoms with E-state index in [4.69, 9.17) is 0 Å². The third kappa shape index (κ3) is 5.77. The van der Waals surface area contributed by atoms with E-state index in [-0.39, 0.29) is 12.8 Å². The lowest BCUT2D eigenvalue weighted by atomic mass is 9.74. The zero-order valence-corrected chi connectivity index (χ0v) is 16.3. The molecule has 6 heteroatoms. The Morgan fingerprint density at radius 3 is 2.07 bits per heavy atom. The quantitative estimate of drug-likeness (QED) is 0.308. The van der Waals surface area contributed by atoms with Crippen LogP contribution in [0.4, 0.5) is 0 Å². The van der Waals surface area contributed by atoms with Crippen molar-refractivity contribution in [3.8, 4) is 0 Å². The molecule has 27 heavy (non-hydrogen) atoms. The Labute approximate surface area is 161 Å². The molecule has 1 rings (SSSR count). The van der Waals surface area contributed by atoms with Gasteiger partial charge < -0.3 is 30.6 Å². The van der Waals surface area contributed by atoms with Crippen molar-refractivity contribution < 1.29 is 30.6 Å². The third-order valence-electron chi connectivity index (χ3n) is 5.06. The maximum absolute atomic E-state index is 11.2. The lowest BCUT2D eigenvalue weighted by Gasteiger charge is -2.44. The second kappa shape index (κ2) is 10.8. The van der Waals surface area contributed by atoms with E-state index in [1.165, 1.54) is 6.08 Å². The van der Waals surface area contributed by atoms with Gasteiger partial charge in [-0.2, -0.15) is 0 Å². The summed E-state index contributed by atoms with van der Waals surface area (Å²) < 4.78 is 0. The van der Waals surface area contributed by atoms with Crippen LogP contribution in [0, 0.1) is 0 Å². The molecule has 0 saturated heterocycles. The highest BCUT2D eigenvalue weighted by Crippen LogP contribution is 2.37. The Morgan fingerprint density at radius 2 is 1.56 bits per heavy atom. The largest absolute Gasteiger partial charge is 0.509 e. The van der Waals surface area contributed by atoms with Crippen LogP contribution < -0.4 is 0 Å². The van der Waals surface area contributed by atoms with Crippen molar-refractivity contribution in [2.24, 2.45) is 0 Å². The predicted octanol–water partition coefficient (Wildman–Crippen LogP) is 2.14. The van der Waals surface area contributed by atoms with Crippen LogP contribution in [0.15, 0.2) is 36.1 Å². The molecule has 0 fully saturated rings. The number of benzene rings is 1. The molecule has 0 amide bonds. The summed E-state index contributed by atoms with van der Waals surface area (Å²) in [5, 5.41) is 63.3. The smallest absolute Gasteiger partial charge is 0.150 e. The van der Waals surface area contributed by atoms with E-state index in [9.17, 15) is 30.6 Å². The average molecular weight is 382 g/mol. The van der Waals surface area contributed by atoms with Crippen LogP contribution in [-0.2, 0) is 0 Å². The number of aliphatic hydroxyl groups excluding tert-OH is 4. The summed E-state index contributed by atoms with van der Waals surface area (Å²) in [5.74, 6) is -0.491. The SMILES string of the molecule is CCCC[C@@](O)([C@H](O)CO)[C@H](O)[C@](O)(CCCC)C(O)=Cc1ccccc1. The second-order valence-corrected chi connectivity index (χ2v) is 7.16. The Balaban J connectivity index is 3.33. The molecule has 0 saturated carbocycles. The van der Waals surface area contributed by atoms with Gasteiger partial charge in [-0.05, 0) is 24.5 Å². The standard InChI is InChI=1S/C21H34O6/c1-3-5-12-20(26,17(23)14-16-10-8-7-9-11-16)19(25)21(27,13-6-4-2)18(24)15-22/h7-11,14,18-19,22-27H,3-6,12-13,15H2,1-2H3/t18-,19-,20+,21-/m1/s1. The highest BCUT2D eigenvalue weighted by atomic mass is 16.4. The van der Waals surface area contributed by atoms with Crippen LogP contribution in [0.1, 0.15) is 57.9 Å². The van der Waals surface area contributed by atoms with Crippen molar-refractivity contribution in [1.29, 1.82) is 0 Å². The fourth-order valence-electron chi connectivity index (χ4n) is 3.20. The zero-order chi connectivity index (χ0) is 20.5. The second-order valence-electron chi connectivity index (χ2n) is 7.16. The summed E-state index contributed by atoms with van der Waals surface area (Å²) in [4.78, 5) is 0. The minimum atomic E-state index is -2.16. The van der Waals surface area contributed by atoms with E-state index in [1.54, 1.807) is 24.3 Å². The van der Waals surface area contributed by atoms with Crippen molar-refractivity contribution in [3.05, 3.63) is 41.7 Å². The zero-order valence-electron chi connectivity index (χ0n) is 16.3. The van der Waals surface area contributed by atoms with Gasteiger partial charge in [0.15, 0.2) is 0 Å². The van der Waals surface area contributed by atoms with Crippen LogP contribution in [0.3, 0.4) is 0 Å². The molecule has 0 spiro atoms. The van der Waals surface area contributed by atoms with Crippen LogP contribution in [0.25, 0.3) is 6.08 Å². The van der Waals surface area contributed by atoms with Crippen LogP contribution in [0.5, 0.6) is 0 Å². The number of aliphatic hydroxyl groups is 6. The van der Waals surface area contributed by atoms with Crippen molar-refractivity contribution in [3.63, 3.8) is 0 Å². The molecule has 4 atom stereocenters. The molecule has 0 aliphatic rings. The highest BCUT2D eigenvalue weighted by Gasteiger charge is 2.53. The fourth-order valence-corrected chi connectivity index (χ4v) is 3.20. The molecule has 0 unspecified atom stereocenters. The molecule has 1 aromatic carbocycles. The average Bonchev–Trinajstić information content (AvgIpc) is 2.69. The normalized spacial score (nSPS) is 19.1. The van der Waals surface area contributed by atoms with Gasteiger partial charge in [0.25, 0.3) is 0 Å². The molecule has 0 radical (unpaired) electrons. The molecule has 0 aliphatic carbocycles. The van der Waals surface area contributed by atoms with Crippen LogP contribution in [0.2, 0.25) is 0 Å². The number of rotatable bonds is 12. The van der Waals surface area contributed by atoms with Gasteiger partial charge in [-0.15, -0.1) is 0 Å². The van der Waals surface area contributed by atoms with Gasteiger partial charge in [-0.3, -0.25) is 0 Å². The molecule has 0 heterocycles. The summed E-state index contributed by atoms with van der Waals surface area (Å²) in [7, 11) is 0. The van der Waals surface area contributed by atoms with E-state index in [0.717, 1.165) is 0 Å². The van der Waals surface area contributed by atoms with E-state index < -0.39 is 35.8 Å². The molecule has 6 nitrogen and oxygen atoms in total. The molecule has 1 aromatic rings. The summed E-state index contributed by atoms with van der Waals surface area (Å²) >= 11 is 0. The minimum absolute atomic E-state index is 0.00752. The first-order valence-electron chi connectivity index (χ1n) is 9.64. The fraction of sp³-hybridized carbons (Fsp3) is 0.619. The van der Waals surface area contributed by atoms with Crippen molar-refractivity contribution in [2.45, 2.75) is 75.8 Å². The van der Waals surface area contributed by atoms with E-state index in [1.807, 2.05) is 19.9 Å². The Hall–Kier alpha value is -1.44. The number of hydrogen-bond acceptors (Lipinski definition) is 6. The minimum Gasteiger partial charge on any atom is -0.509 e. The van der Waals surface area contributed by atoms with Crippen molar-refractivity contribution >= 4 is 6.08 Å². The molecule has 0 aliphatic heterocycles. The number of hydrogen-bond donors (Lipinski definition) is 6. The van der Waals surface area contributed by atoms with Crippen molar-refractivity contribution in [1.82, 2.24) is 0 Å². The predicted molar refractivity (Wildman–Crippen MR) is 105 cm³/mol. The van der Waals surface area contributed by atoms with E-state index in [2.05, 4.69) is 0 Å². The van der Waals surface area contributed by atoms with Gasteiger partial charge in [0.2, 0.25) is 0 Å². The molecule has 154 valence electrons. The molecule has 0 bridgehead atoms. The topological polar surface area (TPSA) is 121 Å². The third-order valence-corrected chi connectivity index (χ3v) is 5.06. The molecule has 0 aromatic heterocycles. The first-order chi connectivity index (χ1) is 12.8. The molecular weight excluding hydrogens is 348 g/mol. The maximum atomic E-state index is 11.2. The number of unbranched alkanes of at least 4 members (excludes halogenated alkanes) is 2. The highest BCUT2D eigenvalue weighted by molar-refractivity contribution is 5.53. The van der Waals surface area contributed by atoms with E-state index >= 15 is 0 Å². The lowest BCUT2D eigenvalue weighted by molar-refractivity contribution is -0.216. The first-order valence-corrected chi connectivity index (χ1v) is 9.64. The summed E-state index contributed by atoms with van der Waals surface area (Å²) in [6.45, 7) is 3.01. The van der Waals surface area contributed by atoms with Gasteiger partial charge in [0, 0.05) is 0 Å². The lowest BCUT2D eigenvalue weighted by Crippen LogP contribution is -2.63. The van der Waals surface area contributed by atoms with Gasteiger partial charge in [0.05, 0.1) is 6.61 Å². The van der Waals surface area contributed by atoms with Gasteiger partial charge in [0.1, 0.15) is 29.2 Å². The first kappa shape index (κ1) is 23.6. The van der Waals surface area contributed by atoms with Gasteiger partial charge >= 0.3 is 0 Å². The van der Waals surface area contributed by atoms with Gasteiger partial charge in [-0.25, -0.2) is 0 Å². The summed E-state index contributed by atoms with van der Waals surface area (Å²) in [6.07, 6.45) is 0.102. The summed E-state index contributed by atoms with van der Waals surface area (Å²) in [6, 6.07) is 8.82. The monoisotopic (exact) mass is 382 g/mol. The Bertz CT molecular complexity index is 575. The Kier molecular flexibility index (Phi) is 9.42. The van der Waals surface area contributed by atoms with E-state index in [0.29, 0.717) is 31.2 Å².